The van der Waals surface area contributed by atoms with Crippen LogP contribution in [0.5, 0.6) is 11.6 Å². The number of thiophene rings is 1. The monoisotopic (exact) mass is 374 g/mol. The van der Waals surface area contributed by atoms with Crippen molar-refractivity contribution in [1.82, 2.24) is 15.0 Å². The number of aromatic nitrogens is 3. The van der Waals surface area contributed by atoms with E-state index in [1.54, 1.807) is 6.20 Å². The maximum absolute atomic E-state index is 14.0. The summed E-state index contributed by atoms with van der Waals surface area (Å²) in [7, 11) is 0. The predicted octanol–water partition coefficient (Wildman–Crippen LogP) is 4.65. The van der Waals surface area contributed by atoms with E-state index < -0.39 is 10.7 Å². The third-order valence-electron chi connectivity index (χ3n) is 3.25. The summed E-state index contributed by atoms with van der Waals surface area (Å²) in [6.45, 7) is 0. The molecular weight excluding hydrogens is 367 g/mol. The van der Waals surface area contributed by atoms with E-state index in [0.29, 0.717) is 10.2 Å². The standard InChI is InChI=1S/C15H7FN4O3S2/c16-9-5-8(20(21)22)1-2-11(9)23-14-13-10(18-7-19-14)6-12(25-13)15-17-3-4-24-15/h1-7H. The van der Waals surface area contributed by atoms with Gasteiger partial charge in [0.05, 0.1) is 21.4 Å². The number of ether oxygens (including phenoxy) is 1. The third-order valence-corrected chi connectivity index (χ3v) is 5.31. The SMILES string of the molecule is O=[N+]([O-])c1ccc(Oc2ncnc3cc(-c4nccs4)sc23)c(F)c1. The molecule has 124 valence electrons. The number of nitro benzene ring substituents is 1. The lowest BCUT2D eigenvalue weighted by atomic mass is 10.3. The molecule has 0 fully saturated rings. The highest BCUT2D eigenvalue weighted by molar-refractivity contribution is 7.25. The zero-order chi connectivity index (χ0) is 17.4. The lowest BCUT2D eigenvalue weighted by molar-refractivity contribution is -0.385. The normalized spacial score (nSPS) is 10.9. The topological polar surface area (TPSA) is 91.0 Å². The first-order chi connectivity index (χ1) is 12.1. The van der Waals surface area contributed by atoms with Gasteiger partial charge in [0.15, 0.2) is 11.6 Å². The Morgan fingerprint density at radius 2 is 2.08 bits per heavy atom. The van der Waals surface area contributed by atoms with Gasteiger partial charge in [-0.1, -0.05) is 0 Å². The molecule has 0 spiro atoms. The first-order valence-corrected chi connectivity index (χ1v) is 8.57. The van der Waals surface area contributed by atoms with Crippen LogP contribution in [0.4, 0.5) is 10.1 Å². The Morgan fingerprint density at radius 3 is 2.80 bits per heavy atom. The summed E-state index contributed by atoms with van der Waals surface area (Å²) in [6.07, 6.45) is 3.03. The Labute approximate surface area is 147 Å². The Balaban J connectivity index is 1.73. The Kier molecular flexibility index (Phi) is 3.82. The van der Waals surface area contributed by atoms with E-state index >= 15 is 0 Å². The average molecular weight is 374 g/mol. The highest BCUT2D eigenvalue weighted by atomic mass is 32.1. The molecule has 0 unspecified atom stereocenters. The number of nitro groups is 1. The molecule has 0 bridgehead atoms. The van der Waals surface area contributed by atoms with Crippen molar-refractivity contribution in [3.8, 4) is 21.5 Å². The fourth-order valence-corrected chi connectivity index (χ4v) is 3.89. The number of nitrogens with zero attached hydrogens (tertiary/aromatic N) is 4. The number of hydrogen-bond donors (Lipinski definition) is 0. The lowest BCUT2D eigenvalue weighted by Gasteiger charge is -2.05. The van der Waals surface area contributed by atoms with Gasteiger partial charge in [-0.15, -0.1) is 22.7 Å². The van der Waals surface area contributed by atoms with Crippen molar-refractivity contribution in [2.24, 2.45) is 0 Å². The Morgan fingerprint density at radius 1 is 1.20 bits per heavy atom. The smallest absolute Gasteiger partial charge is 0.272 e. The van der Waals surface area contributed by atoms with Gasteiger partial charge in [0.25, 0.3) is 5.69 Å². The molecule has 0 aliphatic rings. The van der Waals surface area contributed by atoms with Crippen LogP contribution in [0.2, 0.25) is 0 Å². The summed E-state index contributed by atoms with van der Waals surface area (Å²) in [4.78, 5) is 23.4. The molecular formula is C15H7FN4O3S2. The second-order valence-electron chi connectivity index (χ2n) is 4.81. The maximum Gasteiger partial charge on any atom is 0.272 e. The van der Waals surface area contributed by atoms with Crippen LogP contribution in [0, 0.1) is 15.9 Å². The predicted molar refractivity (Wildman–Crippen MR) is 91.7 cm³/mol. The van der Waals surface area contributed by atoms with Crippen LogP contribution in [0.25, 0.3) is 20.1 Å². The van der Waals surface area contributed by atoms with Crippen LogP contribution >= 0.6 is 22.7 Å². The Bertz CT molecular complexity index is 1080. The van der Waals surface area contributed by atoms with Crippen molar-refractivity contribution in [1.29, 1.82) is 0 Å². The van der Waals surface area contributed by atoms with Crippen LogP contribution in [0.1, 0.15) is 0 Å². The van der Waals surface area contributed by atoms with E-state index in [2.05, 4.69) is 15.0 Å². The van der Waals surface area contributed by atoms with E-state index in [9.17, 15) is 14.5 Å². The zero-order valence-corrected chi connectivity index (χ0v) is 13.9. The van der Waals surface area contributed by atoms with Crippen molar-refractivity contribution in [3.05, 3.63) is 58.1 Å². The van der Waals surface area contributed by atoms with Gasteiger partial charge >= 0.3 is 0 Å². The van der Waals surface area contributed by atoms with Gasteiger partial charge < -0.3 is 4.74 Å². The van der Waals surface area contributed by atoms with Crippen molar-refractivity contribution in [2.75, 3.05) is 0 Å². The number of halogens is 1. The first kappa shape index (κ1) is 15.5. The quantitative estimate of drug-likeness (QED) is 0.381. The number of fused-ring (bicyclic) bond motifs is 1. The van der Waals surface area contributed by atoms with Gasteiger partial charge in [0, 0.05) is 17.6 Å². The van der Waals surface area contributed by atoms with Crippen LogP contribution in [-0.2, 0) is 0 Å². The van der Waals surface area contributed by atoms with Crippen molar-refractivity contribution in [2.45, 2.75) is 0 Å². The van der Waals surface area contributed by atoms with Crippen molar-refractivity contribution < 1.29 is 14.1 Å². The van der Waals surface area contributed by atoms with Gasteiger partial charge in [-0.3, -0.25) is 10.1 Å². The molecule has 4 rings (SSSR count). The molecule has 3 aromatic heterocycles. The largest absolute Gasteiger partial charge is 0.434 e. The molecule has 0 N–H and O–H groups in total. The molecule has 25 heavy (non-hydrogen) atoms. The zero-order valence-electron chi connectivity index (χ0n) is 12.2. The van der Waals surface area contributed by atoms with Crippen molar-refractivity contribution in [3.63, 3.8) is 0 Å². The molecule has 10 heteroatoms. The summed E-state index contributed by atoms with van der Waals surface area (Å²) in [5.74, 6) is -0.793. The van der Waals surface area contributed by atoms with Gasteiger partial charge in [0.2, 0.25) is 5.88 Å². The van der Waals surface area contributed by atoms with Crippen LogP contribution in [0.3, 0.4) is 0 Å². The van der Waals surface area contributed by atoms with E-state index in [0.717, 1.165) is 16.0 Å². The number of thiazole rings is 1. The molecule has 0 amide bonds. The first-order valence-electron chi connectivity index (χ1n) is 6.88. The summed E-state index contributed by atoms with van der Waals surface area (Å²) in [5, 5.41) is 13.4. The average Bonchev–Trinajstić information content (AvgIpc) is 3.25. The number of non-ortho nitro benzene ring substituents is 1. The van der Waals surface area contributed by atoms with Gasteiger partial charge in [-0.2, -0.15) is 0 Å². The summed E-state index contributed by atoms with van der Waals surface area (Å²) < 4.78 is 20.2. The molecule has 4 aromatic rings. The minimum Gasteiger partial charge on any atom is -0.434 e. The molecule has 3 heterocycles. The summed E-state index contributed by atoms with van der Waals surface area (Å²) in [6, 6.07) is 5.05. The minimum absolute atomic E-state index is 0.144. The van der Waals surface area contributed by atoms with E-state index in [1.165, 1.54) is 41.1 Å². The minimum atomic E-state index is -0.835. The molecule has 7 nitrogen and oxygen atoms in total. The number of rotatable bonds is 4. The van der Waals surface area contributed by atoms with E-state index in [-0.39, 0.29) is 17.3 Å². The second-order valence-corrected chi connectivity index (χ2v) is 6.76. The van der Waals surface area contributed by atoms with E-state index in [1.807, 2.05) is 11.4 Å². The fourth-order valence-electron chi connectivity index (χ4n) is 2.15. The summed E-state index contributed by atoms with van der Waals surface area (Å²) >= 11 is 2.88. The molecule has 0 atom stereocenters. The molecule has 0 aliphatic heterocycles. The van der Waals surface area contributed by atoms with Gasteiger partial charge in [-0.25, -0.2) is 19.3 Å². The van der Waals surface area contributed by atoms with Crippen LogP contribution in [-0.4, -0.2) is 19.9 Å². The van der Waals surface area contributed by atoms with Gasteiger partial charge in [-0.05, 0) is 12.1 Å². The molecule has 0 saturated carbocycles. The number of benzene rings is 1. The molecule has 0 aliphatic carbocycles. The maximum atomic E-state index is 14.0. The Hall–Kier alpha value is -2.98. The van der Waals surface area contributed by atoms with E-state index in [4.69, 9.17) is 4.74 Å². The second kappa shape index (κ2) is 6.15. The molecule has 0 saturated heterocycles. The summed E-state index contributed by atoms with van der Waals surface area (Å²) in [5.41, 5.74) is 0.308. The number of hydrogen-bond acceptors (Lipinski definition) is 8. The lowest BCUT2D eigenvalue weighted by Crippen LogP contribution is -1.94. The van der Waals surface area contributed by atoms with Crippen molar-refractivity contribution >= 4 is 38.6 Å². The highest BCUT2D eigenvalue weighted by Gasteiger charge is 2.16. The molecule has 1 aromatic carbocycles. The highest BCUT2D eigenvalue weighted by Crippen LogP contribution is 2.39. The van der Waals surface area contributed by atoms with Crippen LogP contribution < -0.4 is 4.74 Å². The van der Waals surface area contributed by atoms with Crippen LogP contribution in [0.15, 0.2) is 42.2 Å². The van der Waals surface area contributed by atoms with Gasteiger partial charge in [0.1, 0.15) is 16.0 Å². The fraction of sp³-hybridized carbons (Fsp3) is 0. The molecule has 0 radical (unpaired) electrons. The third kappa shape index (κ3) is 2.92.